The van der Waals surface area contributed by atoms with Crippen LogP contribution in [0.1, 0.15) is 71.1 Å². The molecule has 28 heavy (non-hydrogen) atoms. The maximum atomic E-state index is 12.6. The van der Waals surface area contributed by atoms with Crippen molar-refractivity contribution in [3.05, 3.63) is 30.3 Å². The molecule has 0 unspecified atom stereocenters. The molecular formula is C22H36N2O3S. The highest BCUT2D eigenvalue weighted by Gasteiger charge is 2.29. The first-order chi connectivity index (χ1) is 13.6. The van der Waals surface area contributed by atoms with Crippen LogP contribution in [0.3, 0.4) is 0 Å². The smallest absolute Gasteiger partial charge is 0.243 e. The van der Waals surface area contributed by atoms with Gasteiger partial charge in [-0.25, -0.2) is 8.42 Å². The first-order valence-electron chi connectivity index (χ1n) is 10.9. The van der Waals surface area contributed by atoms with Crippen molar-refractivity contribution in [2.24, 2.45) is 0 Å². The van der Waals surface area contributed by atoms with E-state index in [0.29, 0.717) is 37.5 Å². The summed E-state index contributed by atoms with van der Waals surface area (Å²) in [5, 5.41) is 0. The summed E-state index contributed by atoms with van der Waals surface area (Å²) in [6, 6.07) is 8.52. The third kappa shape index (κ3) is 7.21. The molecule has 1 aromatic rings. The summed E-state index contributed by atoms with van der Waals surface area (Å²) in [6.45, 7) is 3.96. The van der Waals surface area contributed by atoms with Crippen LogP contribution < -0.4 is 0 Å². The molecule has 1 aliphatic rings. The van der Waals surface area contributed by atoms with E-state index in [1.807, 2.05) is 11.0 Å². The van der Waals surface area contributed by atoms with Gasteiger partial charge in [-0.15, -0.1) is 0 Å². The molecule has 158 valence electrons. The molecule has 0 aromatic heterocycles. The molecule has 1 aromatic carbocycles. The van der Waals surface area contributed by atoms with Crippen LogP contribution in [0.4, 0.5) is 0 Å². The van der Waals surface area contributed by atoms with Crippen LogP contribution in [0.2, 0.25) is 0 Å². The Labute approximate surface area is 171 Å². The van der Waals surface area contributed by atoms with Crippen molar-refractivity contribution in [1.82, 2.24) is 9.21 Å². The van der Waals surface area contributed by atoms with Gasteiger partial charge in [0.15, 0.2) is 0 Å². The van der Waals surface area contributed by atoms with E-state index in [9.17, 15) is 13.2 Å². The first kappa shape index (κ1) is 22.9. The summed E-state index contributed by atoms with van der Waals surface area (Å²) >= 11 is 0. The maximum absolute atomic E-state index is 12.6. The number of piperazine rings is 1. The fourth-order valence-corrected chi connectivity index (χ4v) is 5.11. The van der Waals surface area contributed by atoms with E-state index in [1.54, 1.807) is 24.3 Å². The lowest BCUT2D eigenvalue weighted by Gasteiger charge is -2.34. The van der Waals surface area contributed by atoms with Crippen LogP contribution in [0, 0.1) is 0 Å². The Kier molecular flexibility index (Phi) is 9.99. The van der Waals surface area contributed by atoms with E-state index < -0.39 is 10.0 Å². The number of carbonyl (C=O) groups is 1. The Morgan fingerprint density at radius 3 is 1.93 bits per heavy atom. The molecule has 1 saturated heterocycles. The molecule has 1 aliphatic heterocycles. The molecule has 1 fully saturated rings. The van der Waals surface area contributed by atoms with Crippen molar-refractivity contribution in [3.8, 4) is 0 Å². The molecule has 0 N–H and O–H groups in total. The molecule has 2 rings (SSSR count). The number of benzene rings is 1. The topological polar surface area (TPSA) is 57.7 Å². The molecular weight excluding hydrogens is 372 g/mol. The Morgan fingerprint density at radius 2 is 1.36 bits per heavy atom. The van der Waals surface area contributed by atoms with Gasteiger partial charge >= 0.3 is 0 Å². The lowest BCUT2D eigenvalue weighted by atomic mass is 10.1. The first-order valence-corrected chi connectivity index (χ1v) is 12.3. The normalized spacial score (nSPS) is 15.7. The summed E-state index contributed by atoms with van der Waals surface area (Å²) in [5.74, 6) is 0.166. The van der Waals surface area contributed by atoms with Crippen molar-refractivity contribution in [3.63, 3.8) is 0 Å². The van der Waals surface area contributed by atoms with Gasteiger partial charge in [-0.3, -0.25) is 4.79 Å². The van der Waals surface area contributed by atoms with Crippen molar-refractivity contribution in [2.75, 3.05) is 26.2 Å². The van der Waals surface area contributed by atoms with Crippen molar-refractivity contribution < 1.29 is 13.2 Å². The second kappa shape index (κ2) is 12.2. The number of nitrogens with zero attached hydrogens (tertiary/aromatic N) is 2. The quantitative estimate of drug-likeness (QED) is 0.480. The molecule has 0 bridgehead atoms. The molecule has 1 amide bonds. The standard InChI is InChI=1S/C22H36N2O3S/c1-2-3-4-5-6-7-8-9-13-16-22(25)23-17-19-24(20-18-23)28(26,27)21-14-11-10-12-15-21/h10-12,14-15H,2-9,13,16-20H2,1H3. The number of rotatable bonds is 12. The van der Waals surface area contributed by atoms with E-state index in [-0.39, 0.29) is 5.91 Å². The monoisotopic (exact) mass is 408 g/mol. The minimum absolute atomic E-state index is 0.166. The van der Waals surface area contributed by atoms with Crippen LogP contribution in [0.5, 0.6) is 0 Å². The molecule has 6 heteroatoms. The maximum Gasteiger partial charge on any atom is 0.243 e. The van der Waals surface area contributed by atoms with Crippen LogP contribution in [-0.4, -0.2) is 49.7 Å². The third-order valence-corrected chi connectivity index (χ3v) is 7.38. The second-order valence-electron chi connectivity index (χ2n) is 7.68. The second-order valence-corrected chi connectivity index (χ2v) is 9.61. The van der Waals surface area contributed by atoms with E-state index in [1.165, 1.54) is 49.3 Å². The minimum atomic E-state index is -3.45. The van der Waals surface area contributed by atoms with Crippen LogP contribution in [0.15, 0.2) is 35.2 Å². The van der Waals surface area contributed by atoms with E-state index >= 15 is 0 Å². The van der Waals surface area contributed by atoms with Gasteiger partial charge in [-0.05, 0) is 18.6 Å². The summed E-state index contributed by atoms with van der Waals surface area (Å²) in [7, 11) is -3.45. The van der Waals surface area contributed by atoms with Gasteiger partial charge < -0.3 is 4.90 Å². The summed E-state index contributed by atoms with van der Waals surface area (Å²) < 4.78 is 26.8. The molecule has 0 spiro atoms. The van der Waals surface area contributed by atoms with Gasteiger partial charge in [0.2, 0.25) is 15.9 Å². The Morgan fingerprint density at radius 1 is 0.821 bits per heavy atom. The van der Waals surface area contributed by atoms with Crippen LogP contribution in [0.25, 0.3) is 0 Å². The molecule has 0 atom stereocenters. The van der Waals surface area contributed by atoms with Crippen LogP contribution >= 0.6 is 0 Å². The van der Waals surface area contributed by atoms with E-state index in [0.717, 1.165) is 12.8 Å². The average molecular weight is 409 g/mol. The fourth-order valence-electron chi connectivity index (χ4n) is 3.66. The summed E-state index contributed by atoms with van der Waals surface area (Å²) in [4.78, 5) is 14.5. The lowest BCUT2D eigenvalue weighted by molar-refractivity contribution is -0.132. The highest BCUT2D eigenvalue weighted by Crippen LogP contribution is 2.18. The number of hydrogen-bond donors (Lipinski definition) is 0. The highest BCUT2D eigenvalue weighted by atomic mass is 32.2. The van der Waals surface area contributed by atoms with Gasteiger partial charge in [0.25, 0.3) is 0 Å². The predicted molar refractivity (Wildman–Crippen MR) is 114 cm³/mol. The number of sulfonamides is 1. The Bertz CT molecular complexity index is 668. The van der Waals surface area contributed by atoms with Gasteiger partial charge in [0.05, 0.1) is 4.90 Å². The molecule has 1 heterocycles. The Hall–Kier alpha value is -1.40. The number of unbranched alkanes of at least 4 members (excludes halogenated alkanes) is 8. The zero-order valence-corrected chi connectivity index (χ0v) is 18.1. The SMILES string of the molecule is CCCCCCCCCCCC(=O)N1CCN(S(=O)(=O)c2ccccc2)CC1. The number of carbonyl (C=O) groups excluding carboxylic acids is 1. The number of hydrogen-bond acceptors (Lipinski definition) is 3. The zero-order valence-electron chi connectivity index (χ0n) is 17.3. The molecule has 5 nitrogen and oxygen atoms in total. The molecule has 0 saturated carbocycles. The number of amides is 1. The molecule has 0 radical (unpaired) electrons. The van der Waals surface area contributed by atoms with Gasteiger partial charge in [0.1, 0.15) is 0 Å². The van der Waals surface area contributed by atoms with Crippen LogP contribution in [-0.2, 0) is 14.8 Å². The fraction of sp³-hybridized carbons (Fsp3) is 0.682. The van der Waals surface area contributed by atoms with Gasteiger partial charge in [-0.1, -0.05) is 76.5 Å². The van der Waals surface area contributed by atoms with Crippen molar-refractivity contribution in [1.29, 1.82) is 0 Å². The zero-order chi connectivity index (χ0) is 20.2. The van der Waals surface area contributed by atoms with Gasteiger partial charge in [0, 0.05) is 32.6 Å². The molecule has 0 aliphatic carbocycles. The minimum Gasteiger partial charge on any atom is -0.340 e. The summed E-state index contributed by atoms with van der Waals surface area (Å²) in [6.07, 6.45) is 11.7. The largest absolute Gasteiger partial charge is 0.340 e. The Balaban J connectivity index is 1.62. The lowest BCUT2D eigenvalue weighted by Crippen LogP contribution is -2.50. The summed E-state index contributed by atoms with van der Waals surface area (Å²) in [5.41, 5.74) is 0. The van der Waals surface area contributed by atoms with Gasteiger partial charge in [-0.2, -0.15) is 4.31 Å². The third-order valence-electron chi connectivity index (χ3n) is 5.47. The van der Waals surface area contributed by atoms with E-state index in [4.69, 9.17) is 0 Å². The van der Waals surface area contributed by atoms with E-state index in [2.05, 4.69) is 6.92 Å². The average Bonchev–Trinajstić information content (AvgIpc) is 2.73. The van der Waals surface area contributed by atoms with Crippen molar-refractivity contribution >= 4 is 15.9 Å². The highest BCUT2D eigenvalue weighted by molar-refractivity contribution is 7.89. The van der Waals surface area contributed by atoms with Crippen molar-refractivity contribution in [2.45, 2.75) is 76.0 Å². The predicted octanol–water partition coefficient (Wildman–Crippen LogP) is 4.44.